The number of anilines is 1. The predicted molar refractivity (Wildman–Crippen MR) is 74.6 cm³/mol. The summed E-state index contributed by atoms with van der Waals surface area (Å²) in [6, 6.07) is 3.38. The molecular weight excluding hydrogens is 286 g/mol. The minimum absolute atomic E-state index is 0.0644. The molecule has 112 valence electrons. The van der Waals surface area contributed by atoms with Crippen LogP contribution in [0.4, 0.5) is 11.4 Å². The molecule has 0 bridgehead atoms. The second-order valence-electron chi connectivity index (χ2n) is 4.28. The molecule has 0 amide bonds. The Labute approximate surface area is 116 Å². The van der Waals surface area contributed by atoms with Crippen LogP contribution in [0.25, 0.3) is 0 Å². The molecule has 4 N–H and O–H groups in total. The molecule has 10 heteroatoms. The lowest BCUT2D eigenvalue weighted by Gasteiger charge is -2.11. The minimum atomic E-state index is -3.73. The molecule has 0 spiro atoms. The maximum Gasteiger partial charge on any atom is 0.293 e. The summed E-state index contributed by atoms with van der Waals surface area (Å²) in [7, 11) is -0.0936. The molecule has 0 aliphatic carbocycles. The lowest BCUT2D eigenvalue weighted by Crippen LogP contribution is -2.31. The van der Waals surface area contributed by atoms with Gasteiger partial charge >= 0.3 is 0 Å². The Morgan fingerprint density at radius 1 is 1.40 bits per heavy atom. The molecule has 0 saturated carbocycles. The molecule has 0 heterocycles. The predicted octanol–water partition coefficient (Wildman–Crippen LogP) is -0.280. The number of hydrazine groups is 1. The fraction of sp³-hybridized carbons (Fsp3) is 0.400. The zero-order valence-electron chi connectivity index (χ0n) is 11.2. The largest absolute Gasteiger partial charge is 0.318 e. The van der Waals surface area contributed by atoms with Crippen LogP contribution < -0.4 is 16.0 Å². The SMILES string of the molecule is CN(C)CCNS(=O)(=O)c1ccc([N+](=O)[O-])c(NN)c1. The van der Waals surface area contributed by atoms with Gasteiger partial charge in [-0.2, -0.15) is 0 Å². The Morgan fingerprint density at radius 2 is 2.05 bits per heavy atom. The number of hydrogen-bond donors (Lipinski definition) is 3. The normalized spacial score (nSPS) is 11.6. The van der Waals surface area contributed by atoms with E-state index in [2.05, 4.69) is 10.1 Å². The van der Waals surface area contributed by atoms with Crippen molar-refractivity contribution in [2.45, 2.75) is 4.90 Å². The number of hydrogen-bond acceptors (Lipinski definition) is 7. The molecule has 0 unspecified atom stereocenters. The van der Waals surface area contributed by atoms with E-state index in [1.54, 1.807) is 0 Å². The Kier molecular flexibility index (Phi) is 5.39. The highest BCUT2D eigenvalue weighted by Gasteiger charge is 2.19. The molecule has 20 heavy (non-hydrogen) atoms. The smallest absolute Gasteiger partial charge is 0.293 e. The molecule has 0 fully saturated rings. The monoisotopic (exact) mass is 303 g/mol. The Balaban J connectivity index is 2.98. The molecule has 9 nitrogen and oxygen atoms in total. The highest BCUT2D eigenvalue weighted by atomic mass is 32.2. The van der Waals surface area contributed by atoms with E-state index < -0.39 is 14.9 Å². The van der Waals surface area contributed by atoms with Crippen molar-refractivity contribution < 1.29 is 13.3 Å². The maximum absolute atomic E-state index is 12.0. The average Bonchev–Trinajstić information content (AvgIpc) is 2.37. The van der Waals surface area contributed by atoms with Crippen LogP contribution in [0.2, 0.25) is 0 Å². The molecular formula is C10H17N5O4S. The van der Waals surface area contributed by atoms with Gasteiger partial charge in [0.25, 0.3) is 5.69 Å². The van der Waals surface area contributed by atoms with Gasteiger partial charge in [-0.25, -0.2) is 13.1 Å². The van der Waals surface area contributed by atoms with Gasteiger partial charge in [0, 0.05) is 19.2 Å². The Morgan fingerprint density at radius 3 is 2.55 bits per heavy atom. The minimum Gasteiger partial charge on any atom is -0.318 e. The number of likely N-dealkylation sites (N-methyl/N-ethyl adjacent to an activating group) is 1. The molecule has 0 aromatic heterocycles. The summed E-state index contributed by atoms with van der Waals surface area (Å²) < 4.78 is 26.4. The van der Waals surface area contributed by atoms with Gasteiger partial charge in [0.05, 0.1) is 9.82 Å². The summed E-state index contributed by atoms with van der Waals surface area (Å²) in [4.78, 5) is 11.8. The standard InChI is InChI=1S/C10H17N5O4S/c1-14(2)6-5-12-20(18,19)8-3-4-10(15(16)17)9(7-8)13-11/h3-4,7,12-13H,5-6,11H2,1-2H3. The van der Waals surface area contributed by atoms with Crippen LogP contribution in [0.3, 0.4) is 0 Å². The van der Waals surface area contributed by atoms with E-state index in [9.17, 15) is 18.5 Å². The highest BCUT2D eigenvalue weighted by Crippen LogP contribution is 2.26. The van der Waals surface area contributed by atoms with E-state index in [0.29, 0.717) is 6.54 Å². The number of nitro benzene ring substituents is 1. The molecule has 0 atom stereocenters. The van der Waals surface area contributed by atoms with Crippen molar-refractivity contribution in [1.82, 2.24) is 9.62 Å². The fourth-order valence-corrected chi connectivity index (χ4v) is 2.49. The van der Waals surface area contributed by atoms with Gasteiger partial charge in [-0.1, -0.05) is 0 Å². The summed E-state index contributed by atoms with van der Waals surface area (Å²) in [5.41, 5.74) is 1.77. The molecule has 1 aromatic carbocycles. The first-order valence-electron chi connectivity index (χ1n) is 5.67. The van der Waals surface area contributed by atoms with Gasteiger partial charge in [0.1, 0.15) is 5.69 Å². The fourth-order valence-electron chi connectivity index (χ4n) is 1.44. The van der Waals surface area contributed by atoms with Gasteiger partial charge in [0.2, 0.25) is 10.0 Å². The first-order valence-corrected chi connectivity index (χ1v) is 7.15. The summed E-state index contributed by atoms with van der Waals surface area (Å²) in [5, 5.41) is 10.7. The van der Waals surface area contributed by atoms with Crippen LogP contribution in [0.1, 0.15) is 0 Å². The first kappa shape index (κ1) is 16.3. The third-order valence-electron chi connectivity index (χ3n) is 2.48. The van der Waals surface area contributed by atoms with Crippen molar-refractivity contribution in [2.75, 3.05) is 32.6 Å². The van der Waals surface area contributed by atoms with E-state index in [-0.39, 0.29) is 22.8 Å². The molecule has 0 aliphatic rings. The highest BCUT2D eigenvalue weighted by molar-refractivity contribution is 7.89. The Hall–Kier alpha value is -1.75. The molecule has 0 aliphatic heterocycles. The third kappa shape index (κ3) is 4.13. The molecule has 0 radical (unpaired) electrons. The number of rotatable bonds is 7. The van der Waals surface area contributed by atoms with Gasteiger partial charge < -0.3 is 10.3 Å². The van der Waals surface area contributed by atoms with Crippen molar-refractivity contribution >= 4 is 21.4 Å². The van der Waals surface area contributed by atoms with Gasteiger partial charge in [0.15, 0.2) is 0 Å². The lowest BCUT2D eigenvalue weighted by molar-refractivity contribution is -0.384. The summed E-state index contributed by atoms with van der Waals surface area (Å²) in [6.07, 6.45) is 0. The number of nitrogens with one attached hydrogen (secondary N) is 2. The number of nitrogens with zero attached hydrogens (tertiary/aromatic N) is 2. The van der Waals surface area contributed by atoms with Gasteiger partial charge in [-0.3, -0.25) is 16.0 Å². The summed E-state index contributed by atoms with van der Waals surface area (Å²) in [5.74, 6) is 5.16. The second kappa shape index (κ2) is 6.61. The second-order valence-corrected chi connectivity index (χ2v) is 6.05. The van der Waals surface area contributed by atoms with Gasteiger partial charge in [-0.15, -0.1) is 0 Å². The zero-order valence-corrected chi connectivity index (χ0v) is 12.0. The molecule has 1 aromatic rings. The molecule has 1 rings (SSSR count). The topological polar surface area (TPSA) is 131 Å². The van der Waals surface area contributed by atoms with E-state index >= 15 is 0 Å². The number of sulfonamides is 1. The van der Waals surface area contributed by atoms with Crippen LogP contribution in [-0.2, 0) is 10.0 Å². The summed E-state index contributed by atoms with van der Waals surface area (Å²) in [6.45, 7) is 0.770. The van der Waals surface area contributed by atoms with Crippen molar-refractivity contribution in [2.24, 2.45) is 5.84 Å². The number of nitro groups is 1. The molecule has 0 saturated heterocycles. The van der Waals surface area contributed by atoms with Crippen molar-refractivity contribution in [3.05, 3.63) is 28.3 Å². The van der Waals surface area contributed by atoms with Crippen LogP contribution in [0.15, 0.2) is 23.1 Å². The van der Waals surface area contributed by atoms with Gasteiger partial charge in [-0.05, 0) is 26.2 Å². The number of nitrogens with two attached hydrogens (primary N) is 1. The van der Waals surface area contributed by atoms with Crippen molar-refractivity contribution in [3.8, 4) is 0 Å². The third-order valence-corrected chi connectivity index (χ3v) is 3.94. The first-order chi connectivity index (χ1) is 9.27. The maximum atomic E-state index is 12.0. The van der Waals surface area contributed by atoms with Crippen molar-refractivity contribution in [1.29, 1.82) is 0 Å². The quantitative estimate of drug-likeness (QED) is 0.358. The van der Waals surface area contributed by atoms with Crippen LogP contribution in [0, 0.1) is 10.1 Å². The van der Waals surface area contributed by atoms with E-state index in [1.807, 2.05) is 19.0 Å². The van der Waals surface area contributed by atoms with E-state index in [4.69, 9.17) is 5.84 Å². The lowest BCUT2D eigenvalue weighted by atomic mass is 10.3. The number of nitrogen functional groups attached to an aromatic ring is 1. The summed E-state index contributed by atoms with van der Waals surface area (Å²) >= 11 is 0. The van der Waals surface area contributed by atoms with Crippen LogP contribution in [-0.4, -0.2) is 45.4 Å². The van der Waals surface area contributed by atoms with Crippen LogP contribution >= 0.6 is 0 Å². The zero-order chi connectivity index (χ0) is 15.3. The van der Waals surface area contributed by atoms with Crippen LogP contribution in [0.5, 0.6) is 0 Å². The van der Waals surface area contributed by atoms with Crippen molar-refractivity contribution in [3.63, 3.8) is 0 Å². The van der Waals surface area contributed by atoms with E-state index in [0.717, 1.165) is 18.2 Å². The average molecular weight is 303 g/mol. The van der Waals surface area contributed by atoms with E-state index in [1.165, 1.54) is 0 Å². The Bertz CT molecular complexity index is 587. The number of benzene rings is 1.